The summed E-state index contributed by atoms with van der Waals surface area (Å²) in [5.74, 6) is -0.466. The molecule has 310 valence electrons. The molecule has 3 fully saturated rings. The summed E-state index contributed by atoms with van der Waals surface area (Å²) in [4.78, 5) is 72.1. The molecule has 3 aliphatic heterocycles. The second-order valence-electron chi connectivity index (χ2n) is 15.7. The average Bonchev–Trinajstić information content (AvgIpc) is 3.92. The highest BCUT2D eigenvalue weighted by atomic mass is 16.5. The number of amides is 5. The van der Waals surface area contributed by atoms with Crippen LogP contribution in [0.3, 0.4) is 0 Å². The van der Waals surface area contributed by atoms with Gasteiger partial charge in [0.1, 0.15) is 12.1 Å². The molecule has 3 rings (SSSR count). The van der Waals surface area contributed by atoms with Gasteiger partial charge in [0.05, 0.1) is 24.3 Å². The number of nitrogens with zero attached hydrogens (tertiary/aromatic N) is 3. The van der Waals surface area contributed by atoms with Crippen molar-refractivity contribution in [3.05, 3.63) is 0 Å². The van der Waals surface area contributed by atoms with Gasteiger partial charge in [-0.2, -0.15) is 0 Å². The lowest BCUT2D eigenvalue weighted by atomic mass is 10.1. The zero-order valence-corrected chi connectivity index (χ0v) is 34.6. The maximum absolute atomic E-state index is 14.0. The van der Waals surface area contributed by atoms with Crippen LogP contribution in [0, 0.1) is 5.92 Å². The molecule has 0 radical (unpaired) electrons. The first-order valence-corrected chi connectivity index (χ1v) is 21.0. The molecule has 7 unspecified atom stereocenters. The number of carbonyl (C=O) groups is 5. The second kappa shape index (κ2) is 23.3. The number of carbonyl (C=O) groups excluding carboxylic acids is 5. The largest absolute Gasteiger partial charge is 0.376 e. The first-order valence-electron chi connectivity index (χ1n) is 21.0. The van der Waals surface area contributed by atoms with Crippen LogP contribution in [0.5, 0.6) is 0 Å². The standard InChI is InChI=1S/C40H73N7O7/c1-9-17-32-18-15-21-46(32)39(51)34(43-36(48)27(3)41-7)29(5)53-24-13-11-12-14-25-54-30(6)35(44-37(49)28(4)42-8)40(52)47-22-16-19-33(47)26-45-23-20-31(10-2)38(45)50/h27-35,41-42H,9-26H2,1-8H3,(H,43,48)(H,44,49)/t27-,28-,29?,30?,31?,32?,33?,34?,35?/m0/s1. The lowest BCUT2D eigenvalue weighted by Gasteiger charge is -2.34. The fourth-order valence-electron chi connectivity index (χ4n) is 7.92. The van der Waals surface area contributed by atoms with E-state index in [9.17, 15) is 24.0 Å². The molecule has 3 heterocycles. The van der Waals surface area contributed by atoms with Crippen LogP contribution in [0.4, 0.5) is 0 Å². The summed E-state index contributed by atoms with van der Waals surface area (Å²) in [6.07, 6.45) is 9.63. The molecule has 0 aromatic carbocycles. The highest BCUT2D eigenvalue weighted by molar-refractivity contribution is 5.91. The fourth-order valence-corrected chi connectivity index (χ4v) is 7.92. The molecular formula is C40H73N7O7. The molecule has 3 saturated heterocycles. The highest BCUT2D eigenvalue weighted by Crippen LogP contribution is 2.26. The molecule has 54 heavy (non-hydrogen) atoms. The summed E-state index contributed by atoms with van der Waals surface area (Å²) >= 11 is 0. The van der Waals surface area contributed by atoms with E-state index >= 15 is 0 Å². The average molecular weight is 764 g/mol. The van der Waals surface area contributed by atoms with E-state index in [0.29, 0.717) is 32.8 Å². The summed E-state index contributed by atoms with van der Waals surface area (Å²) in [5.41, 5.74) is 0. The SMILES string of the molecule is CCCC1CCCN1C(=O)C(NC(=O)[C@H](C)NC)C(C)OCCCCCCOC(C)C(NC(=O)[C@H](C)NC)C(=O)N1CCCC1CN1CCC(CC)C1=O. The number of nitrogens with one attached hydrogen (secondary N) is 4. The van der Waals surface area contributed by atoms with Crippen molar-refractivity contribution in [3.8, 4) is 0 Å². The molecule has 14 heteroatoms. The number of ether oxygens (including phenoxy) is 2. The smallest absolute Gasteiger partial charge is 0.248 e. The van der Waals surface area contributed by atoms with E-state index in [1.807, 2.05) is 35.5 Å². The molecule has 0 saturated carbocycles. The number of likely N-dealkylation sites (tertiary alicyclic amines) is 3. The Hall–Kier alpha value is -2.81. The van der Waals surface area contributed by atoms with Gasteiger partial charge in [0.25, 0.3) is 0 Å². The zero-order chi connectivity index (χ0) is 39.8. The number of unbranched alkanes of at least 4 members (excludes halogenated alkanes) is 3. The number of likely N-dealkylation sites (N-methyl/N-ethyl adjacent to an activating group) is 2. The van der Waals surface area contributed by atoms with Gasteiger partial charge in [-0.25, -0.2) is 0 Å². The first kappa shape index (κ1) is 45.6. The van der Waals surface area contributed by atoms with Gasteiger partial charge in [0, 0.05) is 57.4 Å². The van der Waals surface area contributed by atoms with Gasteiger partial charge in [-0.3, -0.25) is 24.0 Å². The van der Waals surface area contributed by atoms with Crippen molar-refractivity contribution in [3.63, 3.8) is 0 Å². The summed E-state index contributed by atoms with van der Waals surface area (Å²) in [6, 6.07) is -2.36. The van der Waals surface area contributed by atoms with Crippen molar-refractivity contribution >= 4 is 29.5 Å². The molecule has 0 bridgehead atoms. The van der Waals surface area contributed by atoms with E-state index in [4.69, 9.17) is 9.47 Å². The maximum Gasteiger partial charge on any atom is 0.248 e. The Balaban J connectivity index is 1.48. The van der Waals surface area contributed by atoms with E-state index in [-0.39, 0.29) is 47.5 Å². The maximum atomic E-state index is 14.0. The predicted octanol–water partition coefficient (Wildman–Crippen LogP) is 2.58. The van der Waals surface area contributed by atoms with Gasteiger partial charge < -0.3 is 45.4 Å². The van der Waals surface area contributed by atoms with E-state index in [2.05, 4.69) is 28.2 Å². The predicted molar refractivity (Wildman–Crippen MR) is 210 cm³/mol. The minimum atomic E-state index is -0.841. The molecule has 3 aliphatic rings. The Morgan fingerprint density at radius 2 is 1.19 bits per heavy atom. The Morgan fingerprint density at radius 3 is 1.63 bits per heavy atom. The zero-order valence-electron chi connectivity index (χ0n) is 34.6. The quantitative estimate of drug-likeness (QED) is 0.108. The van der Waals surface area contributed by atoms with Crippen LogP contribution in [-0.2, 0) is 33.4 Å². The van der Waals surface area contributed by atoms with Crippen molar-refractivity contribution in [2.45, 2.75) is 167 Å². The monoisotopic (exact) mass is 764 g/mol. The summed E-state index contributed by atoms with van der Waals surface area (Å²) in [5, 5.41) is 11.8. The summed E-state index contributed by atoms with van der Waals surface area (Å²) < 4.78 is 12.3. The third-order valence-corrected chi connectivity index (χ3v) is 11.8. The van der Waals surface area contributed by atoms with E-state index in [0.717, 1.165) is 83.6 Å². The van der Waals surface area contributed by atoms with Crippen LogP contribution < -0.4 is 21.3 Å². The summed E-state index contributed by atoms with van der Waals surface area (Å²) in [7, 11) is 3.43. The molecule has 9 atom stereocenters. The van der Waals surface area contributed by atoms with Crippen LogP contribution in [-0.4, -0.2) is 146 Å². The molecule has 5 amide bonds. The van der Waals surface area contributed by atoms with Crippen LogP contribution in [0.1, 0.15) is 119 Å². The third kappa shape index (κ3) is 12.9. The van der Waals surface area contributed by atoms with Crippen molar-refractivity contribution in [1.29, 1.82) is 0 Å². The van der Waals surface area contributed by atoms with Crippen LogP contribution in [0.2, 0.25) is 0 Å². The second-order valence-corrected chi connectivity index (χ2v) is 15.7. The van der Waals surface area contributed by atoms with Gasteiger partial charge in [0.15, 0.2) is 0 Å². The molecule has 0 aliphatic carbocycles. The Labute approximate surface area is 324 Å². The Morgan fingerprint density at radius 1 is 0.704 bits per heavy atom. The van der Waals surface area contributed by atoms with Crippen LogP contribution in [0.15, 0.2) is 0 Å². The van der Waals surface area contributed by atoms with Crippen molar-refractivity contribution in [2.24, 2.45) is 5.92 Å². The lowest BCUT2D eigenvalue weighted by molar-refractivity contribution is -0.143. The van der Waals surface area contributed by atoms with Gasteiger partial charge in [0.2, 0.25) is 29.5 Å². The third-order valence-electron chi connectivity index (χ3n) is 11.8. The van der Waals surface area contributed by atoms with Crippen LogP contribution >= 0.6 is 0 Å². The first-order chi connectivity index (χ1) is 25.9. The minimum absolute atomic E-state index is 0.0678. The van der Waals surface area contributed by atoms with Crippen LogP contribution in [0.25, 0.3) is 0 Å². The molecule has 14 nitrogen and oxygen atoms in total. The Bertz CT molecular complexity index is 1210. The summed E-state index contributed by atoms with van der Waals surface area (Å²) in [6.45, 7) is 14.9. The van der Waals surface area contributed by atoms with E-state index in [1.165, 1.54) is 0 Å². The van der Waals surface area contributed by atoms with E-state index in [1.54, 1.807) is 27.9 Å². The number of hydrogen-bond acceptors (Lipinski definition) is 9. The van der Waals surface area contributed by atoms with Crippen molar-refractivity contribution in [1.82, 2.24) is 36.0 Å². The topological polar surface area (TPSA) is 162 Å². The van der Waals surface area contributed by atoms with Gasteiger partial charge in [-0.1, -0.05) is 33.1 Å². The normalized spacial score (nSPS) is 23.6. The molecule has 0 spiro atoms. The molecule has 0 aromatic rings. The number of rotatable bonds is 24. The lowest BCUT2D eigenvalue weighted by Crippen LogP contribution is -2.58. The molecular weight excluding hydrogens is 690 g/mol. The minimum Gasteiger partial charge on any atom is -0.376 e. The van der Waals surface area contributed by atoms with Crippen molar-refractivity contribution < 1.29 is 33.4 Å². The molecule has 0 aromatic heterocycles. The fraction of sp³-hybridized carbons (Fsp3) is 0.875. The van der Waals surface area contributed by atoms with E-state index < -0.39 is 36.4 Å². The molecule has 4 N–H and O–H groups in total. The van der Waals surface area contributed by atoms with Gasteiger partial charge in [-0.05, 0) is 99.6 Å². The number of hydrogen-bond donors (Lipinski definition) is 4. The van der Waals surface area contributed by atoms with Gasteiger partial charge in [-0.15, -0.1) is 0 Å². The Kier molecular flexibility index (Phi) is 19.7. The van der Waals surface area contributed by atoms with Gasteiger partial charge >= 0.3 is 0 Å². The van der Waals surface area contributed by atoms with Crippen molar-refractivity contribution in [2.75, 3.05) is 53.5 Å². The highest BCUT2D eigenvalue weighted by Gasteiger charge is 2.41.